The van der Waals surface area contributed by atoms with Gasteiger partial charge in [-0.25, -0.2) is 13.4 Å². The van der Waals surface area contributed by atoms with Gasteiger partial charge in [0.2, 0.25) is 22.7 Å². The number of carbonyl (C=O) groups is 1. The fraction of sp³-hybridized carbons (Fsp3) is 0.357. The number of aromatic nitrogens is 1. The van der Waals surface area contributed by atoms with Gasteiger partial charge in [-0.15, -0.1) is 0 Å². The van der Waals surface area contributed by atoms with Gasteiger partial charge >= 0.3 is 0 Å². The Morgan fingerprint density at radius 3 is 2.42 bits per heavy atom. The van der Waals surface area contributed by atoms with Gasteiger partial charge in [0.15, 0.2) is 11.5 Å². The van der Waals surface area contributed by atoms with Gasteiger partial charge in [-0.05, 0) is 68.7 Å². The molecule has 1 saturated carbocycles. The molecule has 1 amide bonds. The molecule has 200 valence electrons. The minimum Gasteiger partial charge on any atom is -0.454 e. The molecule has 1 aromatic heterocycles. The van der Waals surface area contributed by atoms with E-state index in [9.17, 15) is 13.2 Å². The zero-order valence-electron chi connectivity index (χ0n) is 21.2. The molecule has 3 aliphatic rings. The molecule has 1 N–H and O–H groups in total. The van der Waals surface area contributed by atoms with E-state index in [1.165, 1.54) is 4.31 Å². The Morgan fingerprint density at radius 1 is 1.00 bits per heavy atom. The number of nitrogens with zero attached hydrogens (tertiary/aromatic N) is 2. The van der Waals surface area contributed by atoms with Crippen molar-refractivity contribution in [1.82, 2.24) is 9.29 Å². The summed E-state index contributed by atoms with van der Waals surface area (Å²) in [6.07, 6.45) is 1.17. The quantitative estimate of drug-likeness (QED) is 0.502. The Hall–Kier alpha value is -3.47. The molecule has 9 nitrogen and oxygen atoms in total. The van der Waals surface area contributed by atoms with E-state index in [2.05, 4.69) is 10.3 Å². The number of nitrogens with one attached hydrogen (secondary N) is 1. The number of carbonyl (C=O) groups excluding carboxylic acids is 1. The van der Waals surface area contributed by atoms with Crippen LogP contribution in [0.25, 0.3) is 11.3 Å². The first-order chi connectivity index (χ1) is 18.2. The molecule has 1 aliphatic carbocycles. The average Bonchev–Trinajstić information content (AvgIpc) is 3.59. The molecule has 10 heteroatoms. The molecule has 0 radical (unpaired) electrons. The Labute approximate surface area is 223 Å². The maximum Gasteiger partial charge on any atom is 0.243 e. The van der Waals surface area contributed by atoms with Crippen molar-refractivity contribution in [2.24, 2.45) is 0 Å². The number of benzene rings is 2. The lowest BCUT2D eigenvalue weighted by atomic mass is 9.94. The fourth-order valence-electron chi connectivity index (χ4n) is 5.14. The standard InChI is InChI=1S/C28H29N3O6S.H2/c1-18-15-31(16-19(2)37-18)38(33,34)22-9-6-20(7-10-22)23-4-3-5-26(29-23)30-27(32)28(12-13-28)21-8-11-24-25(14-21)36-17-35-24;/h3-11,14,18-19H,12-13,15-17H2,1-2H3,(H,29,30,32);1H. The first-order valence-corrected chi connectivity index (χ1v) is 14.1. The first kappa shape index (κ1) is 24.8. The van der Waals surface area contributed by atoms with Crippen molar-refractivity contribution in [2.75, 3.05) is 25.2 Å². The molecule has 2 atom stereocenters. The molecular weight excluding hydrogens is 506 g/mol. The number of ether oxygens (including phenoxy) is 3. The van der Waals surface area contributed by atoms with Crippen molar-refractivity contribution < 1.29 is 28.8 Å². The second-order valence-corrected chi connectivity index (χ2v) is 12.1. The van der Waals surface area contributed by atoms with Gasteiger partial charge in [-0.1, -0.05) is 24.3 Å². The number of anilines is 1. The Balaban J connectivity index is 0.00000308. The summed E-state index contributed by atoms with van der Waals surface area (Å²) >= 11 is 0. The number of hydrogen-bond donors (Lipinski definition) is 1. The van der Waals surface area contributed by atoms with Crippen LogP contribution < -0.4 is 14.8 Å². The van der Waals surface area contributed by atoms with Crippen molar-refractivity contribution in [2.45, 2.75) is 49.2 Å². The number of pyridine rings is 1. The molecule has 2 aromatic carbocycles. The van der Waals surface area contributed by atoms with E-state index in [0.29, 0.717) is 36.1 Å². The van der Waals surface area contributed by atoms with E-state index in [-0.39, 0.29) is 31.2 Å². The molecule has 6 rings (SSSR count). The maximum absolute atomic E-state index is 13.3. The van der Waals surface area contributed by atoms with Gasteiger partial charge in [0.1, 0.15) is 5.82 Å². The molecule has 3 aromatic rings. The van der Waals surface area contributed by atoms with Crippen LogP contribution in [0, 0.1) is 0 Å². The lowest BCUT2D eigenvalue weighted by Crippen LogP contribution is -2.48. The Morgan fingerprint density at radius 2 is 1.71 bits per heavy atom. The van der Waals surface area contributed by atoms with E-state index >= 15 is 0 Å². The summed E-state index contributed by atoms with van der Waals surface area (Å²) in [7, 11) is -3.63. The van der Waals surface area contributed by atoms with Crippen LogP contribution in [0.5, 0.6) is 11.5 Å². The molecule has 3 heterocycles. The zero-order valence-corrected chi connectivity index (χ0v) is 22.0. The van der Waals surface area contributed by atoms with Crippen LogP contribution in [-0.2, 0) is 25.0 Å². The summed E-state index contributed by atoms with van der Waals surface area (Å²) in [6.45, 7) is 4.59. The average molecular weight is 538 g/mol. The van der Waals surface area contributed by atoms with Crippen molar-refractivity contribution >= 4 is 21.7 Å². The highest BCUT2D eigenvalue weighted by molar-refractivity contribution is 7.89. The van der Waals surface area contributed by atoms with Crippen LogP contribution in [0.1, 0.15) is 33.7 Å². The second kappa shape index (κ2) is 9.37. The minimum atomic E-state index is -3.63. The number of morpholine rings is 1. The predicted octanol–water partition coefficient (Wildman–Crippen LogP) is 4.19. The van der Waals surface area contributed by atoms with Gasteiger partial charge in [0, 0.05) is 20.1 Å². The van der Waals surface area contributed by atoms with Gasteiger partial charge in [-0.2, -0.15) is 4.31 Å². The van der Waals surface area contributed by atoms with E-state index in [0.717, 1.165) is 24.0 Å². The van der Waals surface area contributed by atoms with E-state index in [1.807, 2.05) is 44.2 Å². The minimum absolute atomic E-state index is 0. The van der Waals surface area contributed by atoms with E-state index in [4.69, 9.17) is 14.2 Å². The third-order valence-corrected chi connectivity index (χ3v) is 9.12. The van der Waals surface area contributed by atoms with Crippen LogP contribution in [0.2, 0.25) is 0 Å². The van der Waals surface area contributed by atoms with Crippen LogP contribution in [0.15, 0.2) is 65.6 Å². The molecular formula is C28H31N3O6S. The van der Waals surface area contributed by atoms with Crippen molar-refractivity contribution in [1.29, 1.82) is 0 Å². The summed E-state index contributed by atoms with van der Waals surface area (Å²) in [5, 5.41) is 2.97. The Kier molecular flexibility index (Phi) is 6.13. The van der Waals surface area contributed by atoms with Gasteiger partial charge in [-0.3, -0.25) is 4.79 Å². The summed E-state index contributed by atoms with van der Waals surface area (Å²) < 4.78 is 44.4. The van der Waals surface area contributed by atoms with Gasteiger partial charge in [0.25, 0.3) is 0 Å². The Bertz CT molecular complexity index is 1480. The topological polar surface area (TPSA) is 107 Å². The van der Waals surface area contributed by atoms with Crippen LogP contribution in [0.4, 0.5) is 5.82 Å². The molecule has 38 heavy (non-hydrogen) atoms. The highest BCUT2D eigenvalue weighted by atomic mass is 32.2. The third kappa shape index (κ3) is 4.53. The summed E-state index contributed by atoms with van der Waals surface area (Å²) in [6, 6.07) is 17.7. The van der Waals surface area contributed by atoms with Crippen molar-refractivity contribution in [3.63, 3.8) is 0 Å². The molecule has 1 saturated heterocycles. The van der Waals surface area contributed by atoms with E-state index in [1.54, 1.807) is 30.3 Å². The largest absolute Gasteiger partial charge is 0.454 e. The third-order valence-electron chi connectivity index (χ3n) is 7.27. The zero-order chi connectivity index (χ0) is 26.5. The summed E-state index contributed by atoms with van der Waals surface area (Å²) in [4.78, 5) is 18.1. The van der Waals surface area contributed by atoms with Crippen LogP contribution in [0.3, 0.4) is 0 Å². The van der Waals surface area contributed by atoms with Crippen LogP contribution >= 0.6 is 0 Å². The number of sulfonamides is 1. The predicted molar refractivity (Wildman–Crippen MR) is 143 cm³/mol. The maximum atomic E-state index is 13.3. The molecule has 0 spiro atoms. The summed E-state index contributed by atoms with van der Waals surface area (Å²) in [5.41, 5.74) is 1.67. The van der Waals surface area contributed by atoms with E-state index < -0.39 is 15.4 Å². The van der Waals surface area contributed by atoms with Crippen LogP contribution in [-0.4, -0.2) is 55.7 Å². The normalized spacial score (nSPS) is 22.2. The fourth-order valence-corrected chi connectivity index (χ4v) is 6.73. The smallest absolute Gasteiger partial charge is 0.243 e. The molecule has 0 bridgehead atoms. The number of rotatable bonds is 6. The number of fused-ring (bicyclic) bond motifs is 1. The first-order valence-electron chi connectivity index (χ1n) is 12.7. The van der Waals surface area contributed by atoms with Crippen molar-refractivity contribution in [3.05, 3.63) is 66.2 Å². The number of amides is 1. The summed E-state index contributed by atoms with van der Waals surface area (Å²) in [5.74, 6) is 1.67. The lowest BCUT2D eigenvalue weighted by molar-refractivity contribution is -0.118. The number of hydrogen-bond acceptors (Lipinski definition) is 7. The molecule has 2 aliphatic heterocycles. The highest BCUT2D eigenvalue weighted by Crippen LogP contribution is 2.51. The SMILES string of the molecule is CC1CN(S(=O)(=O)c2ccc(-c3cccc(NC(=O)C4(c5ccc6c(c5)OCO6)CC4)n3)cc2)CC(C)O1.[HH]. The monoisotopic (exact) mass is 537 g/mol. The molecule has 2 fully saturated rings. The molecule has 2 unspecified atom stereocenters. The van der Waals surface area contributed by atoms with Crippen molar-refractivity contribution in [3.8, 4) is 22.8 Å². The van der Waals surface area contributed by atoms with Gasteiger partial charge in [0.05, 0.1) is 28.2 Å². The second-order valence-electron chi connectivity index (χ2n) is 10.1. The van der Waals surface area contributed by atoms with Gasteiger partial charge < -0.3 is 19.5 Å². The highest BCUT2D eigenvalue weighted by Gasteiger charge is 2.51. The lowest BCUT2D eigenvalue weighted by Gasteiger charge is -2.34.